The van der Waals surface area contributed by atoms with Crippen molar-refractivity contribution >= 4 is 23.1 Å². The normalized spacial score (nSPS) is 15.4. The predicted molar refractivity (Wildman–Crippen MR) is 139 cm³/mol. The van der Waals surface area contributed by atoms with Crippen molar-refractivity contribution < 1.29 is 14.6 Å². The van der Waals surface area contributed by atoms with Crippen molar-refractivity contribution in [3.8, 4) is 11.4 Å². The number of carboxylic acid groups (broad SMARTS) is 1. The van der Waals surface area contributed by atoms with Gasteiger partial charge in [0.2, 0.25) is 0 Å². The average Bonchev–Trinajstić information content (AvgIpc) is 3.22. The molecule has 2 atom stereocenters. The van der Waals surface area contributed by atoms with E-state index in [0.717, 1.165) is 24.0 Å². The Hall–Kier alpha value is -3.78. The SMILES string of the molecule is CCOC(c1ccccc1)c1nc(N[C@H](C)C2CCC2)c2c(n1)nc(-c1cccc(C)c1)n2C(=O)O. The fourth-order valence-corrected chi connectivity index (χ4v) is 4.77. The summed E-state index contributed by atoms with van der Waals surface area (Å²) in [6, 6.07) is 17.6. The Labute approximate surface area is 210 Å². The van der Waals surface area contributed by atoms with Gasteiger partial charge in [0, 0.05) is 18.2 Å². The summed E-state index contributed by atoms with van der Waals surface area (Å²) < 4.78 is 7.28. The molecule has 1 aliphatic rings. The standard InChI is InChI=1S/C28H31N5O3/c1-4-36-23(20-11-6-5-7-12-20)26-30-24(29-18(3)19-13-9-14-19)22-25(31-26)32-27(33(22)28(34)35)21-15-8-10-17(2)16-21/h5-8,10-12,15-16,18-19,23H,4,9,13-14H2,1-3H3,(H,34,35)(H,29,30,31)/t18-,23?/m1/s1. The number of nitrogens with one attached hydrogen (secondary N) is 1. The summed E-state index contributed by atoms with van der Waals surface area (Å²) in [5.74, 6) is 1.75. The number of anilines is 1. The van der Waals surface area contributed by atoms with E-state index in [-0.39, 0.29) is 6.04 Å². The molecule has 5 rings (SSSR count). The molecule has 8 heteroatoms. The van der Waals surface area contributed by atoms with Crippen LogP contribution in [0.25, 0.3) is 22.6 Å². The van der Waals surface area contributed by atoms with Gasteiger partial charge in [0.25, 0.3) is 0 Å². The van der Waals surface area contributed by atoms with E-state index in [4.69, 9.17) is 19.7 Å². The van der Waals surface area contributed by atoms with Gasteiger partial charge < -0.3 is 15.2 Å². The smallest absolute Gasteiger partial charge is 0.417 e. The summed E-state index contributed by atoms with van der Waals surface area (Å²) in [5, 5.41) is 13.8. The molecule has 8 nitrogen and oxygen atoms in total. The minimum atomic E-state index is -1.13. The van der Waals surface area contributed by atoms with Gasteiger partial charge in [-0.05, 0) is 51.2 Å². The van der Waals surface area contributed by atoms with Crippen molar-refractivity contribution in [2.75, 3.05) is 11.9 Å². The van der Waals surface area contributed by atoms with Gasteiger partial charge in [0.1, 0.15) is 11.6 Å². The highest BCUT2D eigenvalue weighted by Gasteiger charge is 2.29. The Bertz CT molecular complexity index is 1380. The van der Waals surface area contributed by atoms with E-state index < -0.39 is 12.2 Å². The highest BCUT2D eigenvalue weighted by atomic mass is 16.5. The molecule has 0 amide bonds. The Balaban J connectivity index is 1.72. The molecule has 4 aromatic rings. The molecule has 1 saturated carbocycles. The van der Waals surface area contributed by atoms with E-state index >= 15 is 0 Å². The molecule has 1 fully saturated rings. The number of aryl methyl sites for hydroxylation is 1. The second kappa shape index (κ2) is 10.1. The lowest BCUT2D eigenvalue weighted by Crippen LogP contribution is -2.31. The average molecular weight is 486 g/mol. The van der Waals surface area contributed by atoms with Gasteiger partial charge in [-0.3, -0.25) is 0 Å². The first-order valence-electron chi connectivity index (χ1n) is 12.5. The van der Waals surface area contributed by atoms with Crippen molar-refractivity contribution in [1.82, 2.24) is 19.5 Å². The molecule has 1 aliphatic carbocycles. The molecular formula is C28H31N5O3. The summed E-state index contributed by atoms with van der Waals surface area (Å²) in [5.41, 5.74) is 3.33. The maximum atomic E-state index is 12.6. The van der Waals surface area contributed by atoms with Gasteiger partial charge in [-0.1, -0.05) is 60.5 Å². The van der Waals surface area contributed by atoms with Crippen LogP contribution in [0.3, 0.4) is 0 Å². The van der Waals surface area contributed by atoms with E-state index in [1.807, 2.05) is 68.4 Å². The number of ether oxygens (including phenoxy) is 1. The third-order valence-electron chi connectivity index (χ3n) is 6.89. The zero-order valence-electron chi connectivity index (χ0n) is 20.8. The van der Waals surface area contributed by atoms with Crippen molar-refractivity contribution in [2.45, 2.75) is 52.2 Å². The summed E-state index contributed by atoms with van der Waals surface area (Å²) >= 11 is 0. The molecule has 0 saturated heterocycles. The number of imidazole rings is 1. The number of fused-ring (bicyclic) bond motifs is 1. The first-order valence-corrected chi connectivity index (χ1v) is 12.5. The summed E-state index contributed by atoms with van der Waals surface area (Å²) in [4.78, 5) is 26.9. The van der Waals surface area contributed by atoms with Crippen molar-refractivity contribution in [3.63, 3.8) is 0 Å². The van der Waals surface area contributed by atoms with Crippen LogP contribution in [0.15, 0.2) is 54.6 Å². The second-order valence-electron chi connectivity index (χ2n) is 9.40. The number of hydrogen-bond donors (Lipinski definition) is 2. The number of hydrogen-bond acceptors (Lipinski definition) is 6. The van der Waals surface area contributed by atoms with Crippen LogP contribution < -0.4 is 5.32 Å². The van der Waals surface area contributed by atoms with Crippen molar-refractivity contribution in [2.24, 2.45) is 5.92 Å². The highest BCUT2D eigenvalue weighted by Crippen LogP contribution is 2.35. The van der Waals surface area contributed by atoms with E-state index in [1.165, 1.54) is 11.0 Å². The zero-order chi connectivity index (χ0) is 25.2. The second-order valence-corrected chi connectivity index (χ2v) is 9.40. The van der Waals surface area contributed by atoms with E-state index in [0.29, 0.717) is 46.7 Å². The number of carbonyl (C=O) groups is 1. The molecule has 1 unspecified atom stereocenters. The lowest BCUT2D eigenvalue weighted by molar-refractivity contribution is 0.0854. The molecule has 0 spiro atoms. The number of aromatic nitrogens is 4. The lowest BCUT2D eigenvalue weighted by atomic mass is 9.80. The summed E-state index contributed by atoms with van der Waals surface area (Å²) in [6.45, 7) is 6.49. The fourth-order valence-electron chi connectivity index (χ4n) is 4.77. The first kappa shape index (κ1) is 23.9. The van der Waals surface area contributed by atoms with Crippen LogP contribution in [0, 0.1) is 12.8 Å². The molecule has 0 radical (unpaired) electrons. The van der Waals surface area contributed by atoms with E-state index in [9.17, 15) is 9.90 Å². The number of rotatable bonds is 8. The molecule has 2 aromatic carbocycles. The van der Waals surface area contributed by atoms with Gasteiger partial charge in [-0.15, -0.1) is 0 Å². The minimum absolute atomic E-state index is 0.131. The maximum absolute atomic E-state index is 12.6. The van der Waals surface area contributed by atoms with Crippen LogP contribution in [-0.2, 0) is 4.74 Å². The molecule has 2 aromatic heterocycles. The zero-order valence-corrected chi connectivity index (χ0v) is 20.8. The maximum Gasteiger partial charge on any atom is 0.417 e. The van der Waals surface area contributed by atoms with Crippen LogP contribution in [0.1, 0.15) is 56.2 Å². The topological polar surface area (TPSA) is 102 Å². The highest BCUT2D eigenvalue weighted by molar-refractivity contribution is 5.95. The molecule has 2 N–H and O–H groups in total. The fraction of sp³-hybridized carbons (Fsp3) is 0.357. The quantitative estimate of drug-likeness (QED) is 0.313. The molecule has 0 aliphatic heterocycles. The minimum Gasteiger partial charge on any atom is -0.464 e. The molecule has 36 heavy (non-hydrogen) atoms. The summed E-state index contributed by atoms with van der Waals surface area (Å²) in [7, 11) is 0. The van der Waals surface area contributed by atoms with Gasteiger partial charge in [0.05, 0.1) is 0 Å². The number of nitrogens with zero attached hydrogens (tertiary/aromatic N) is 4. The first-order chi connectivity index (χ1) is 17.5. The van der Waals surface area contributed by atoms with Gasteiger partial charge in [0.15, 0.2) is 23.1 Å². The molecule has 186 valence electrons. The third kappa shape index (κ3) is 4.56. The van der Waals surface area contributed by atoms with Gasteiger partial charge in [-0.25, -0.2) is 24.3 Å². The lowest BCUT2D eigenvalue weighted by Gasteiger charge is -2.32. The van der Waals surface area contributed by atoms with Crippen LogP contribution in [0.5, 0.6) is 0 Å². The van der Waals surface area contributed by atoms with E-state index in [2.05, 4.69) is 12.2 Å². The Morgan fingerprint density at radius 1 is 1.14 bits per heavy atom. The Morgan fingerprint density at radius 2 is 1.92 bits per heavy atom. The van der Waals surface area contributed by atoms with Gasteiger partial charge >= 0.3 is 6.09 Å². The Morgan fingerprint density at radius 3 is 2.56 bits per heavy atom. The van der Waals surface area contributed by atoms with Crippen LogP contribution in [0.2, 0.25) is 0 Å². The summed E-state index contributed by atoms with van der Waals surface area (Å²) in [6.07, 6.45) is 1.87. The monoisotopic (exact) mass is 485 g/mol. The van der Waals surface area contributed by atoms with E-state index in [1.54, 1.807) is 0 Å². The number of benzene rings is 2. The van der Waals surface area contributed by atoms with Gasteiger partial charge in [-0.2, -0.15) is 0 Å². The van der Waals surface area contributed by atoms with Crippen LogP contribution in [-0.4, -0.2) is 43.4 Å². The molecular weight excluding hydrogens is 454 g/mol. The van der Waals surface area contributed by atoms with Crippen molar-refractivity contribution in [3.05, 3.63) is 71.5 Å². The predicted octanol–water partition coefficient (Wildman–Crippen LogP) is 6.05. The molecule has 0 bridgehead atoms. The van der Waals surface area contributed by atoms with Crippen molar-refractivity contribution in [1.29, 1.82) is 0 Å². The third-order valence-corrected chi connectivity index (χ3v) is 6.89. The Kier molecular flexibility index (Phi) is 6.69. The molecule has 2 heterocycles. The van der Waals surface area contributed by atoms with Crippen LogP contribution >= 0.6 is 0 Å². The van der Waals surface area contributed by atoms with Crippen LogP contribution in [0.4, 0.5) is 10.6 Å². The largest absolute Gasteiger partial charge is 0.464 e.